The van der Waals surface area contributed by atoms with Crippen LogP contribution in [-0.4, -0.2) is 29.5 Å². The summed E-state index contributed by atoms with van der Waals surface area (Å²) in [5.74, 6) is 0.586. The third-order valence-corrected chi connectivity index (χ3v) is 3.73. The van der Waals surface area contributed by atoms with Gasteiger partial charge in [0.05, 0.1) is 0 Å². The number of aromatic nitrogens is 1. The monoisotopic (exact) mass is 219 g/mol. The Balaban J connectivity index is 2.32. The van der Waals surface area contributed by atoms with Gasteiger partial charge in [0.25, 0.3) is 0 Å². The summed E-state index contributed by atoms with van der Waals surface area (Å²) in [5.41, 5.74) is 8.57. The van der Waals surface area contributed by atoms with Gasteiger partial charge in [-0.1, -0.05) is 6.92 Å². The molecule has 0 aliphatic carbocycles. The smallest absolute Gasteiger partial charge is 0.0406 e. The summed E-state index contributed by atoms with van der Waals surface area (Å²) < 4.78 is 0. The second kappa shape index (κ2) is 4.93. The Morgan fingerprint density at radius 1 is 1.56 bits per heavy atom. The molecule has 2 N–H and O–H groups in total. The van der Waals surface area contributed by atoms with Gasteiger partial charge in [0.2, 0.25) is 0 Å². The van der Waals surface area contributed by atoms with Gasteiger partial charge in [-0.05, 0) is 56.1 Å². The minimum Gasteiger partial charge on any atom is -0.330 e. The number of likely N-dealkylation sites (tertiary alicyclic amines) is 1. The predicted octanol–water partition coefficient (Wildman–Crippen LogP) is 1.73. The Bertz CT molecular complexity index is 339. The van der Waals surface area contributed by atoms with E-state index in [9.17, 15) is 0 Å². The highest BCUT2D eigenvalue weighted by atomic mass is 15.2. The lowest BCUT2D eigenvalue weighted by molar-refractivity contribution is 0.240. The third kappa shape index (κ3) is 1.97. The zero-order valence-corrected chi connectivity index (χ0v) is 10.2. The van der Waals surface area contributed by atoms with Gasteiger partial charge in [0.15, 0.2) is 0 Å². The standard InChI is InChI=1S/C13H21N3/c1-3-16-7-5-11(8-14)13(16)12-9-15-6-4-10(12)2/h4,6,9,11,13H,3,5,7-8,14H2,1-2H3. The molecule has 2 atom stereocenters. The van der Waals surface area contributed by atoms with E-state index in [2.05, 4.69) is 29.8 Å². The summed E-state index contributed by atoms with van der Waals surface area (Å²) in [5, 5.41) is 0. The summed E-state index contributed by atoms with van der Waals surface area (Å²) in [6, 6.07) is 2.57. The Morgan fingerprint density at radius 2 is 2.38 bits per heavy atom. The van der Waals surface area contributed by atoms with Crippen LogP contribution in [0.1, 0.15) is 30.5 Å². The van der Waals surface area contributed by atoms with Crippen LogP contribution >= 0.6 is 0 Å². The van der Waals surface area contributed by atoms with Crippen molar-refractivity contribution in [3.05, 3.63) is 29.6 Å². The maximum Gasteiger partial charge on any atom is 0.0406 e. The van der Waals surface area contributed by atoms with E-state index in [0.717, 1.165) is 19.6 Å². The average Bonchev–Trinajstić information content (AvgIpc) is 2.72. The van der Waals surface area contributed by atoms with Crippen LogP contribution in [0.15, 0.2) is 18.5 Å². The van der Waals surface area contributed by atoms with Crippen LogP contribution in [0.5, 0.6) is 0 Å². The first-order valence-corrected chi connectivity index (χ1v) is 6.12. The minimum absolute atomic E-state index is 0.476. The first kappa shape index (κ1) is 11.6. The van der Waals surface area contributed by atoms with Crippen LogP contribution in [0.3, 0.4) is 0 Å². The van der Waals surface area contributed by atoms with E-state index < -0.39 is 0 Å². The molecule has 1 saturated heterocycles. The highest BCUT2D eigenvalue weighted by molar-refractivity contribution is 5.26. The quantitative estimate of drug-likeness (QED) is 0.842. The number of hydrogen-bond acceptors (Lipinski definition) is 3. The van der Waals surface area contributed by atoms with Crippen LogP contribution in [0.25, 0.3) is 0 Å². The molecule has 0 spiro atoms. The normalized spacial score (nSPS) is 26.2. The molecule has 1 fully saturated rings. The lowest BCUT2D eigenvalue weighted by Crippen LogP contribution is -2.28. The number of pyridine rings is 1. The second-order valence-electron chi connectivity index (χ2n) is 4.59. The molecular weight excluding hydrogens is 198 g/mol. The fourth-order valence-electron chi connectivity index (χ4n) is 2.76. The van der Waals surface area contributed by atoms with Crippen molar-refractivity contribution in [3.63, 3.8) is 0 Å². The number of aryl methyl sites for hydroxylation is 1. The Labute approximate surface area is 97.7 Å². The van der Waals surface area contributed by atoms with Crippen molar-refractivity contribution in [1.82, 2.24) is 9.88 Å². The van der Waals surface area contributed by atoms with Crippen molar-refractivity contribution in [2.24, 2.45) is 11.7 Å². The number of hydrogen-bond donors (Lipinski definition) is 1. The Hall–Kier alpha value is -0.930. The first-order chi connectivity index (χ1) is 7.77. The Morgan fingerprint density at radius 3 is 3.00 bits per heavy atom. The lowest BCUT2D eigenvalue weighted by Gasteiger charge is -2.28. The molecule has 0 radical (unpaired) electrons. The van der Waals surface area contributed by atoms with E-state index in [-0.39, 0.29) is 0 Å². The van der Waals surface area contributed by atoms with Crippen molar-refractivity contribution in [2.75, 3.05) is 19.6 Å². The van der Waals surface area contributed by atoms with E-state index in [1.54, 1.807) is 0 Å². The third-order valence-electron chi connectivity index (χ3n) is 3.73. The second-order valence-corrected chi connectivity index (χ2v) is 4.59. The molecule has 2 heterocycles. The molecule has 16 heavy (non-hydrogen) atoms. The number of nitrogens with zero attached hydrogens (tertiary/aromatic N) is 2. The van der Waals surface area contributed by atoms with Crippen LogP contribution in [-0.2, 0) is 0 Å². The summed E-state index contributed by atoms with van der Waals surface area (Å²) in [7, 11) is 0. The van der Waals surface area contributed by atoms with Crippen LogP contribution in [0, 0.1) is 12.8 Å². The zero-order valence-electron chi connectivity index (χ0n) is 10.2. The van der Waals surface area contributed by atoms with Gasteiger partial charge in [-0.2, -0.15) is 0 Å². The predicted molar refractivity (Wildman–Crippen MR) is 66.1 cm³/mol. The van der Waals surface area contributed by atoms with Crippen LogP contribution < -0.4 is 5.73 Å². The first-order valence-electron chi connectivity index (χ1n) is 6.12. The molecule has 2 rings (SSSR count). The molecule has 0 aromatic carbocycles. The van der Waals surface area contributed by atoms with Crippen molar-refractivity contribution in [3.8, 4) is 0 Å². The average molecular weight is 219 g/mol. The van der Waals surface area contributed by atoms with Gasteiger partial charge in [0, 0.05) is 18.4 Å². The molecule has 1 aromatic rings. The maximum absolute atomic E-state index is 5.88. The summed E-state index contributed by atoms with van der Waals surface area (Å²) in [4.78, 5) is 6.78. The zero-order chi connectivity index (χ0) is 11.5. The molecule has 0 amide bonds. The maximum atomic E-state index is 5.88. The van der Waals surface area contributed by atoms with E-state index >= 15 is 0 Å². The van der Waals surface area contributed by atoms with Gasteiger partial charge in [-0.25, -0.2) is 0 Å². The molecule has 2 unspecified atom stereocenters. The molecule has 88 valence electrons. The fraction of sp³-hybridized carbons (Fsp3) is 0.615. The highest BCUT2D eigenvalue weighted by Crippen LogP contribution is 2.37. The van der Waals surface area contributed by atoms with E-state index in [1.807, 2.05) is 12.4 Å². The topological polar surface area (TPSA) is 42.1 Å². The molecule has 1 aliphatic heterocycles. The van der Waals surface area contributed by atoms with Crippen molar-refractivity contribution < 1.29 is 0 Å². The fourth-order valence-corrected chi connectivity index (χ4v) is 2.76. The van der Waals surface area contributed by atoms with Gasteiger partial charge in [-0.15, -0.1) is 0 Å². The summed E-state index contributed by atoms with van der Waals surface area (Å²) in [6.07, 6.45) is 5.08. The number of nitrogens with two attached hydrogens (primary N) is 1. The molecule has 3 nitrogen and oxygen atoms in total. The van der Waals surface area contributed by atoms with E-state index in [1.165, 1.54) is 17.5 Å². The molecular formula is C13H21N3. The summed E-state index contributed by atoms with van der Waals surface area (Å²) in [6.45, 7) is 7.41. The van der Waals surface area contributed by atoms with Gasteiger partial charge < -0.3 is 5.73 Å². The highest BCUT2D eigenvalue weighted by Gasteiger charge is 2.34. The van der Waals surface area contributed by atoms with E-state index in [0.29, 0.717) is 12.0 Å². The van der Waals surface area contributed by atoms with E-state index in [4.69, 9.17) is 5.73 Å². The lowest BCUT2D eigenvalue weighted by atomic mass is 9.92. The molecule has 1 aromatic heterocycles. The van der Waals surface area contributed by atoms with Gasteiger partial charge in [0.1, 0.15) is 0 Å². The molecule has 3 heteroatoms. The molecule has 1 aliphatic rings. The van der Waals surface area contributed by atoms with Gasteiger partial charge in [-0.3, -0.25) is 9.88 Å². The van der Waals surface area contributed by atoms with Crippen molar-refractivity contribution >= 4 is 0 Å². The SMILES string of the molecule is CCN1CCC(CN)C1c1cnccc1C. The molecule has 0 saturated carbocycles. The van der Waals surface area contributed by atoms with Crippen molar-refractivity contribution in [2.45, 2.75) is 26.3 Å². The van der Waals surface area contributed by atoms with Crippen LogP contribution in [0.4, 0.5) is 0 Å². The van der Waals surface area contributed by atoms with Crippen LogP contribution in [0.2, 0.25) is 0 Å². The molecule has 0 bridgehead atoms. The Kier molecular flexibility index (Phi) is 3.56. The number of rotatable bonds is 3. The largest absolute Gasteiger partial charge is 0.330 e. The summed E-state index contributed by atoms with van der Waals surface area (Å²) >= 11 is 0. The van der Waals surface area contributed by atoms with Gasteiger partial charge >= 0.3 is 0 Å². The van der Waals surface area contributed by atoms with Crippen molar-refractivity contribution in [1.29, 1.82) is 0 Å². The minimum atomic E-state index is 0.476.